The van der Waals surface area contributed by atoms with E-state index in [1.165, 1.54) is 24.3 Å². The van der Waals surface area contributed by atoms with Crippen LogP contribution < -0.4 is 15.8 Å². The fourth-order valence-electron chi connectivity index (χ4n) is 2.00. The second-order valence-corrected chi connectivity index (χ2v) is 6.71. The largest absolute Gasteiger partial charge is 0.376 e. The Labute approximate surface area is 139 Å². The lowest BCUT2D eigenvalue weighted by Gasteiger charge is -2.08. The minimum atomic E-state index is -3.69. The molecule has 0 bridgehead atoms. The maximum absolute atomic E-state index is 12.8. The summed E-state index contributed by atoms with van der Waals surface area (Å²) in [4.78, 5) is 11.8. The number of halogens is 1. The van der Waals surface area contributed by atoms with E-state index in [1.807, 2.05) is 0 Å². The average Bonchev–Trinajstić information content (AvgIpc) is 2.54. The summed E-state index contributed by atoms with van der Waals surface area (Å²) in [5.74, 6) is -0.529. The van der Waals surface area contributed by atoms with Crippen LogP contribution in [0, 0.1) is 5.82 Å². The maximum atomic E-state index is 12.8. The summed E-state index contributed by atoms with van der Waals surface area (Å²) < 4.78 is 35.1. The molecule has 2 aromatic rings. The van der Waals surface area contributed by atoms with Gasteiger partial charge in [0.25, 0.3) is 0 Å². The third kappa shape index (κ3) is 5.64. The highest BCUT2D eigenvalue weighted by molar-refractivity contribution is 7.89. The van der Waals surface area contributed by atoms with Gasteiger partial charge in [0.1, 0.15) is 5.82 Å². The van der Waals surface area contributed by atoms with Gasteiger partial charge in [-0.15, -0.1) is 0 Å². The quantitative estimate of drug-likeness (QED) is 0.699. The Hall–Kier alpha value is -2.45. The standard InChI is InChI=1S/C16H18FN3O3S/c17-13-3-5-14(6-4-13)20-11-16(21)19-10-9-12-1-7-15(8-2-12)24(18,22)23/h1-8,20H,9-11H2,(H,19,21)(H2,18,22,23). The van der Waals surface area contributed by atoms with Crippen molar-refractivity contribution >= 4 is 21.6 Å². The molecule has 0 saturated heterocycles. The second-order valence-electron chi connectivity index (χ2n) is 5.15. The van der Waals surface area contributed by atoms with Crippen LogP contribution in [0.1, 0.15) is 5.56 Å². The van der Waals surface area contributed by atoms with Crippen LogP contribution >= 0.6 is 0 Å². The lowest BCUT2D eigenvalue weighted by Crippen LogP contribution is -2.31. The molecule has 0 unspecified atom stereocenters. The Morgan fingerprint density at radius 1 is 1.04 bits per heavy atom. The van der Waals surface area contributed by atoms with Gasteiger partial charge in [0, 0.05) is 12.2 Å². The number of nitrogens with one attached hydrogen (secondary N) is 2. The number of rotatable bonds is 7. The van der Waals surface area contributed by atoms with Gasteiger partial charge in [-0.2, -0.15) is 0 Å². The molecular weight excluding hydrogens is 333 g/mol. The van der Waals surface area contributed by atoms with Gasteiger partial charge in [0.2, 0.25) is 15.9 Å². The van der Waals surface area contributed by atoms with E-state index >= 15 is 0 Å². The Kier molecular flexibility index (Phi) is 5.88. The van der Waals surface area contributed by atoms with Crippen LogP contribution in [0.25, 0.3) is 0 Å². The van der Waals surface area contributed by atoms with Crippen LogP contribution in [0.3, 0.4) is 0 Å². The van der Waals surface area contributed by atoms with Crippen molar-refractivity contribution < 1.29 is 17.6 Å². The number of hydrogen-bond acceptors (Lipinski definition) is 4. The average molecular weight is 351 g/mol. The summed E-state index contributed by atoms with van der Waals surface area (Å²) in [6.07, 6.45) is 0.563. The molecule has 0 heterocycles. The van der Waals surface area contributed by atoms with E-state index in [0.29, 0.717) is 18.7 Å². The smallest absolute Gasteiger partial charge is 0.239 e. The predicted octanol–water partition coefficient (Wildman–Crippen LogP) is 1.24. The van der Waals surface area contributed by atoms with Gasteiger partial charge in [0.05, 0.1) is 11.4 Å². The highest BCUT2D eigenvalue weighted by atomic mass is 32.2. The van der Waals surface area contributed by atoms with Crippen LogP contribution in [-0.2, 0) is 21.2 Å². The summed E-state index contributed by atoms with van der Waals surface area (Å²) in [5.41, 5.74) is 1.54. The lowest BCUT2D eigenvalue weighted by molar-refractivity contribution is -0.119. The number of nitrogens with two attached hydrogens (primary N) is 1. The van der Waals surface area contributed by atoms with Crippen molar-refractivity contribution in [2.24, 2.45) is 5.14 Å². The summed E-state index contributed by atoms with van der Waals surface area (Å²) in [5, 5.41) is 10.6. The van der Waals surface area contributed by atoms with Crippen molar-refractivity contribution in [3.63, 3.8) is 0 Å². The second kappa shape index (κ2) is 7.89. The number of carbonyl (C=O) groups excluding carboxylic acids is 1. The van der Waals surface area contributed by atoms with Gasteiger partial charge < -0.3 is 10.6 Å². The molecule has 0 aliphatic carbocycles. The normalized spacial score (nSPS) is 11.1. The molecule has 0 spiro atoms. The van der Waals surface area contributed by atoms with Crippen molar-refractivity contribution in [2.75, 3.05) is 18.4 Å². The lowest BCUT2D eigenvalue weighted by atomic mass is 10.1. The first-order valence-electron chi connectivity index (χ1n) is 7.22. The van der Waals surface area contributed by atoms with Crippen molar-refractivity contribution in [1.82, 2.24) is 5.32 Å². The number of hydrogen-bond donors (Lipinski definition) is 3. The van der Waals surface area contributed by atoms with Crippen molar-refractivity contribution in [3.8, 4) is 0 Å². The molecule has 0 atom stereocenters. The van der Waals surface area contributed by atoms with Gasteiger partial charge in [0.15, 0.2) is 0 Å². The first kappa shape index (κ1) is 17.9. The molecule has 0 saturated carbocycles. The monoisotopic (exact) mass is 351 g/mol. The van der Waals surface area contributed by atoms with E-state index in [9.17, 15) is 17.6 Å². The third-order valence-electron chi connectivity index (χ3n) is 3.29. The highest BCUT2D eigenvalue weighted by Crippen LogP contribution is 2.09. The third-order valence-corrected chi connectivity index (χ3v) is 4.21. The molecule has 2 rings (SSSR count). The minimum Gasteiger partial charge on any atom is -0.376 e. The zero-order chi connectivity index (χ0) is 17.6. The van der Waals surface area contributed by atoms with Crippen LogP contribution in [0.5, 0.6) is 0 Å². The zero-order valence-corrected chi connectivity index (χ0v) is 13.6. The first-order valence-corrected chi connectivity index (χ1v) is 8.77. The van der Waals surface area contributed by atoms with E-state index in [2.05, 4.69) is 10.6 Å². The van der Waals surface area contributed by atoms with E-state index < -0.39 is 10.0 Å². The summed E-state index contributed by atoms with van der Waals surface area (Å²) in [7, 11) is -3.69. The van der Waals surface area contributed by atoms with Crippen LogP contribution in [0.15, 0.2) is 53.4 Å². The van der Waals surface area contributed by atoms with Gasteiger partial charge in [-0.25, -0.2) is 17.9 Å². The first-order chi connectivity index (χ1) is 11.3. The molecule has 6 nitrogen and oxygen atoms in total. The maximum Gasteiger partial charge on any atom is 0.239 e. The highest BCUT2D eigenvalue weighted by Gasteiger charge is 2.07. The molecule has 4 N–H and O–H groups in total. The Bertz CT molecular complexity index is 790. The molecule has 1 amide bonds. The van der Waals surface area contributed by atoms with E-state index in [4.69, 9.17) is 5.14 Å². The van der Waals surface area contributed by atoms with Crippen molar-refractivity contribution in [2.45, 2.75) is 11.3 Å². The van der Waals surface area contributed by atoms with E-state index in [1.54, 1.807) is 24.3 Å². The van der Waals surface area contributed by atoms with Crippen LogP contribution in [-0.4, -0.2) is 27.4 Å². The summed E-state index contributed by atoms with van der Waals surface area (Å²) in [6.45, 7) is 0.495. The summed E-state index contributed by atoms with van der Waals surface area (Å²) in [6, 6.07) is 11.9. The molecular formula is C16H18FN3O3S. The molecule has 128 valence electrons. The van der Waals surface area contributed by atoms with Crippen LogP contribution in [0.4, 0.5) is 10.1 Å². The number of benzene rings is 2. The van der Waals surface area contributed by atoms with Gasteiger partial charge in [-0.05, 0) is 48.4 Å². The number of primary sulfonamides is 1. The van der Waals surface area contributed by atoms with Gasteiger partial charge in [-0.1, -0.05) is 12.1 Å². The number of amides is 1. The van der Waals surface area contributed by atoms with Gasteiger partial charge in [-0.3, -0.25) is 4.79 Å². The molecule has 8 heteroatoms. The topological polar surface area (TPSA) is 101 Å². The molecule has 0 radical (unpaired) electrons. The number of anilines is 1. The molecule has 0 fully saturated rings. The van der Waals surface area contributed by atoms with Gasteiger partial charge >= 0.3 is 0 Å². The van der Waals surface area contributed by atoms with Crippen molar-refractivity contribution in [1.29, 1.82) is 0 Å². The Balaban J connectivity index is 1.73. The minimum absolute atomic E-state index is 0.0544. The molecule has 0 aliphatic heterocycles. The molecule has 0 aliphatic rings. The predicted molar refractivity (Wildman–Crippen MR) is 89.4 cm³/mol. The molecule has 2 aromatic carbocycles. The van der Waals surface area contributed by atoms with Crippen molar-refractivity contribution in [3.05, 3.63) is 59.9 Å². The Morgan fingerprint density at radius 3 is 2.25 bits per heavy atom. The fraction of sp³-hybridized carbons (Fsp3) is 0.188. The zero-order valence-electron chi connectivity index (χ0n) is 12.8. The molecule has 0 aromatic heterocycles. The van der Waals surface area contributed by atoms with E-state index in [0.717, 1.165) is 5.56 Å². The number of carbonyl (C=O) groups is 1. The fourth-order valence-corrected chi connectivity index (χ4v) is 2.52. The SMILES string of the molecule is NS(=O)(=O)c1ccc(CCNC(=O)CNc2ccc(F)cc2)cc1. The Morgan fingerprint density at radius 2 is 1.67 bits per heavy atom. The number of sulfonamides is 1. The molecule has 24 heavy (non-hydrogen) atoms. The summed E-state index contributed by atoms with van der Waals surface area (Å²) >= 11 is 0. The van der Waals surface area contributed by atoms with Crippen LogP contribution in [0.2, 0.25) is 0 Å². The van der Waals surface area contributed by atoms with E-state index in [-0.39, 0.29) is 23.2 Å².